The van der Waals surface area contributed by atoms with Gasteiger partial charge in [-0.1, -0.05) is 43.3 Å². The first-order chi connectivity index (χ1) is 10.8. The van der Waals surface area contributed by atoms with Crippen LogP contribution < -0.4 is 10.6 Å². The number of nitrogens with zero attached hydrogens (tertiary/aromatic N) is 2. The van der Waals surface area contributed by atoms with E-state index in [0.29, 0.717) is 12.5 Å². The highest BCUT2D eigenvalue weighted by atomic mass is 127. The summed E-state index contributed by atoms with van der Waals surface area (Å²) in [6.07, 6.45) is 1.79. The van der Waals surface area contributed by atoms with E-state index in [4.69, 9.17) is 0 Å². The quantitative estimate of drug-likeness (QED) is 0.424. The van der Waals surface area contributed by atoms with Gasteiger partial charge in [0, 0.05) is 19.3 Å². The van der Waals surface area contributed by atoms with E-state index in [0.717, 1.165) is 24.7 Å². The fraction of sp³-hybridized carbons (Fsp3) is 0.333. The summed E-state index contributed by atoms with van der Waals surface area (Å²) in [4.78, 5) is 8.87. The third-order valence-electron chi connectivity index (χ3n) is 3.41. The standard InChI is InChI=1S/C18H24N4.HI/c1-3-19-18(22-14-17-11-7-8-12-20-17)21-13-15(2)16-9-5-4-6-10-16;/h4-12,15H,3,13-14H2,1-2H3,(H2,19,21,22);1H. The molecule has 1 atom stereocenters. The Morgan fingerprint density at radius 2 is 1.83 bits per heavy atom. The molecule has 1 unspecified atom stereocenters. The first-order valence-corrected chi connectivity index (χ1v) is 7.76. The van der Waals surface area contributed by atoms with Crippen LogP contribution in [0.3, 0.4) is 0 Å². The highest BCUT2D eigenvalue weighted by Crippen LogP contribution is 2.12. The summed E-state index contributed by atoms with van der Waals surface area (Å²) in [7, 11) is 0. The Bertz CT molecular complexity index is 572. The van der Waals surface area contributed by atoms with E-state index in [9.17, 15) is 0 Å². The zero-order chi connectivity index (χ0) is 15.6. The number of hydrogen-bond acceptors (Lipinski definition) is 2. The fourth-order valence-corrected chi connectivity index (χ4v) is 2.14. The summed E-state index contributed by atoms with van der Waals surface area (Å²) in [5.74, 6) is 1.26. The maximum Gasteiger partial charge on any atom is 0.191 e. The number of aromatic nitrogens is 1. The summed E-state index contributed by atoms with van der Waals surface area (Å²) in [5, 5.41) is 6.67. The van der Waals surface area contributed by atoms with E-state index in [2.05, 4.69) is 58.7 Å². The predicted octanol–water partition coefficient (Wildman–Crippen LogP) is 3.56. The van der Waals surface area contributed by atoms with Gasteiger partial charge in [-0.25, -0.2) is 4.99 Å². The van der Waals surface area contributed by atoms with Gasteiger partial charge >= 0.3 is 0 Å². The number of aliphatic imine (C=N–C) groups is 1. The van der Waals surface area contributed by atoms with Crippen LogP contribution in [0.25, 0.3) is 0 Å². The highest BCUT2D eigenvalue weighted by Gasteiger charge is 2.06. The largest absolute Gasteiger partial charge is 0.357 e. The van der Waals surface area contributed by atoms with Crippen LogP contribution in [0.2, 0.25) is 0 Å². The molecule has 0 spiro atoms. The Labute approximate surface area is 155 Å². The minimum absolute atomic E-state index is 0. The van der Waals surface area contributed by atoms with Gasteiger partial charge in [-0.2, -0.15) is 0 Å². The van der Waals surface area contributed by atoms with Crippen molar-refractivity contribution in [3.8, 4) is 0 Å². The van der Waals surface area contributed by atoms with E-state index in [-0.39, 0.29) is 24.0 Å². The van der Waals surface area contributed by atoms with Gasteiger partial charge in [0.25, 0.3) is 0 Å². The Morgan fingerprint density at radius 1 is 1.09 bits per heavy atom. The van der Waals surface area contributed by atoms with Crippen LogP contribution in [0.5, 0.6) is 0 Å². The van der Waals surface area contributed by atoms with Gasteiger partial charge in [-0.3, -0.25) is 4.98 Å². The maximum atomic E-state index is 4.58. The summed E-state index contributed by atoms with van der Waals surface area (Å²) < 4.78 is 0. The Kier molecular flexibility index (Phi) is 9.28. The smallest absolute Gasteiger partial charge is 0.191 e. The van der Waals surface area contributed by atoms with Crippen LogP contribution in [0.4, 0.5) is 0 Å². The van der Waals surface area contributed by atoms with Crippen molar-refractivity contribution in [3.05, 3.63) is 66.0 Å². The second-order valence-corrected chi connectivity index (χ2v) is 5.21. The predicted molar refractivity (Wildman–Crippen MR) is 107 cm³/mol. The molecule has 0 radical (unpaired) electrons. The maximum absolute atomic E-state index is 4.58. The molecular weight excluding hydrogens is 399 g/mol. The van der Waals surface area contributed by atoms with E-state index >= 15 is 0 Å². The molecule has 2 aromatic rings. The van der Waals surface area contributed by atoms with Gasteiger partial charge in [0.2, 0.25) is 0 Å². The number of hydrogen-bond donors (Lipinski definition) is 2. The lowest BCUT2D eigenvalue weighted by Crippen LogP contribution is -2.39. The number of pyridine rings is 1. The van der Waals surface area contributed by atoms with Crippen LogP contribution in [0.1, 0.15) is 31.0 Å². The molecule has 0 fully saturated rings. The highest BCUT2D eigenvalue weighted by molar-refractivity contribution is 14.0. The molecule has 2 N–H and O–H groups in total. The van der Waals surface area contributed by atoms with Crippen molar-refractivity contribution in [2.75, 3.05) is 13.1 Å². The van der Waals surface area contributed by atoms with Gasteiger partial charge < -0.3 is 10.6 Å². The lowest BCUT2D eigenvalue weighted by atomic mass is 10.0. The van der Waals surface area contributed by atoms with Crippen molar-refractivity contribution < 1.29 is 0 Å². The van der Waals surface area contributed by atoms with Crippen LogP contribution in [0.15, 0.2) is 59.7 Å². The molecule has 0 aliphatic rings. The van der Waals surface area contributed by atoms with Crippen LogP contribution in [0, 0.1) is 0 Å². The number of nitrogens with one attached hydrogen (secondary N) is 2. The monoisotopic (exact) mass is 424 g/mol. The molecule has 1 aromatic heterocycles. The van der Waals surface area contributed by atoms with E-state index < -0.39 is 0 Å². The minimum atomic E-state index is 0. The molecule has 0 saturated heterocycles. The van der Waals surface area contributed by atoms with Crippen molar-refractivity contribution in [3.63, 3.8) is 0 Å². The SMILES string of the molecule is CCNC(=NCc1ccccn1)NCC(C)c1ccccc1.I. The van der Waals surface area contributed by atoms with Gasteiger partial charge in [0.15, 0.2) is 5.96 Å². The molecule has 1 heterocycles. The van der Waals surface area contributed by atoms with Crippen molar-refractivity contribution in [1.82, 2.24) is 15.6 Å². The molecule has 0 aliphatic heterocycles. The Hall–Kier alpha value is -1.63. The lowest BCUT2D eigenvalue weighted by Gasteiger charge is -2.16. The zero-order valence-electron chi connectivity index (χ0n) is 13.7. The van der Waals surface area contributed by atoms with Crippen molar-refractivity contribution >= 4 is 29.9 Å². The molecule has 5 heteroatoms. The Balaban J connectivity index is 0.00000264. The number of halogens is 1. The Morgan fingerprint density at radius 3 is 2.48 bits per heavy atom. The van der Waals surface area contributed by atoms with Crippen molar-refractivity contribution in [2.45, 2.75) is 26.3 Å². The second-order valence-electron chi connectivity index (χ2n) is 5.21. The third kappa shape index (κ3) is 6.99. The van der Waals surface area contributed by atoms with E-state index in [1.807, 2.05) is 24.3 Å². The van der Waals surface area contributed by atoms with Crippen LogP contribution in [-0.2, 0) is 6.54 Å². The third-order valence-corrected chi connectivity index (χ3v) is 3.41. The zero-order valence-corrected chi connectivity index (χ0v) is 16.0. The van der Waals surface area contributed by atoms with Gasteiger partial charge in [-0.05, 0) is 30.5 Å². The molecule has 0 saturated carbocycles. The first kappa shape index (κ1) is 19.4. The van der Waals surface area contributed by atoms with Gasteiger partial charge in [0.05, 0.1) is 12.2 Å². The minimum Gasteiger partial charge on any atom is -0.357 e. The molecular formula is C18H25IN4. The topological polar surface area (TPSA) is 49.3 Å². The second kappa shape index (κ2) is 11.0. The molecule has 2 rings (SSSR count). The number of benzene rings is 1. The average Bonchev–Trinajstić information content (AvgIpc) is 2.59. The molecule has 1 aromatic carbocycles. The molecule has 4 nitrogen and oxygen atoms in total. The molecule has 0 amide bonds. The molecule has 0 bridgehead atoms. The number of guanidine groups is 1. The van der Waals surface area contributed by atoms with E-state index in [1.54, 1.807) is 6.20 Å². The van der Waals surface area contributed by atoms with Crippen LogP contribution >= 0.6 is 24.0 Å². The number of rotatable bonds is 6. The van der Waals surface area contributed by atoms with Crippen molar-refractivity contribution in [1.29, 1.82) is 0 Å². The summed E-state index contributed by atoms with van der Waals surface area (Å²) in [6, 6.07) is 16.4. The normalized spacial score (nSPS) is 12.2. The summed E-state index contributed by atoms with van der Waals surface area (Å²) in [5.41, 5.74) is 2.30. The fourth-order valence-electron chi connectivity index (χ4n) is 2.14. The molecule has 0 aliphatic carbocycles. The molecule has 23 heavy (non-hydrogen) atoms. The van der Waals surface area contributed by atoms with E-state index in [1.165, 1.54) is 5.56 Å². The summed E-state index contributed by atoms with van der Waals surface area (Å²) in [6.45, 7) is 6.55. The molecule has 124 valence electrons. The average molecular weight is 424 g/mol. The van der Waals surface area contributed by atoms with Crippen molar-refractivity contribution in [2.24, 2.45) is 4.99 Å². The van der Waals surface area contributed by atoms with Crippen LogP contribution in [-0.4, -0.2) is 24.0 Å². The van der Waals surface area contributed by atoms with Gasteiger partial charge in [0.1, 0.15) is 0 Å². The van der Waals surface area contributed by atoms with Gasteiger partial charge in [-0.15, -0.1) is 24.0 Å². The lowest BCUT2D eigenvalue weighted by molar-refractivity contribution is 0.699. The summed E-state index contributed by atoms with van der Waals surface area (Å²) >= 11 is 0. The first-order valence-electron chi connectivity index (χ1n) is 7.76.